The third kappa shape index (κ3) is 2.01. The van der Waals surface area contributed by atoms with Crippen LogP contribution in [0.25, 0.3) is 0 Å². The van der Waals surface area contributed by atoms with E-state index in [0.29, 0.717) is 11.5 Å². The van der Waals surface area contributed by atoms with Crippen LogP contribution in [-0.4, -0.2) is 38.0 Å². The Balaban J connectivity index is 1.47. The average molecular weight is 276 g/mol. The highest BCUT2D eigenvalue weighted by molar-refractivity contribution is 5.93. The molecular formula is C14H16N2O4. The Morgan fingerprint density at radius 3 is 3.05 bits per heavy atom. The van der Waals surface area contributed by atoms with Crippen LogP contribution in [0.2, 0.25) is 0 Å². The Kier molecular flexibility index (Phi) is 2.78. The fraction of sp³-hybridized carbons (Fsp3) is 0.500. The van der Waals surface area contributed by atoms with Crippen molar-refractivity contribution in [2.45, 2.75) is 18.6 Å². The first-order chi connectivity index (χ1) is 9.79. The summed E-state index contributed by atoms with van der Waals surface area (Å²) in [6.45, 7) is 1.82. The summed E-state index contributed by atoms with van der Waals surface area (Å²) < 4.78 is 16.3. The first-order valence-corrected chi connectivity index (χ1v) is 6.86. The summed E-state index contributed by atoms with van der Waals surface area (Å²) >= 11 is 0. The fourth-order valence-corrected chi connectivity index (χ4v) is 3.03. The van der Waals surface area contributed by atoms with Crippen LogP contribution in [-0.2, 0) is 9.53 Å². The van der Waals surface area contributed by atoms with Crippen LogP contribution in [0.4, 0.5) is 5.69 Å². The standard InChI is InChI=1S/C14H16N2O4/c17-14(10-4-9-5-15-6-13(10)20-9)16-8-1-2-11-12(3-8)19-7-18-11/h1-3,9-10,13,15H,4-7H2,(H,16,17)/t9-,10+,13-/m0/s1. The molecule has 3 aliphatic heterocycles. The highest BCUT2D eigenvalue weighted by Gasteiger charge is 2.42. The summed E-state index contributed by atoms with van der Waals surface area (Å²) in [4.78, 5) is 12.4. The second-order valence-corrected chi connectivity index (χ2v) is 5.35. The van der Waals surface area contributed by atoms with Crippen LogP contribution >= 0.6 is 0 Å². The number of hydrogen-bond acceptors (Lipinski definition) is 5. The van der Waals surface area contributed by atoms with Crippen molar-refractivity contribution in [2.75, 3.05) is 25.2 Å². The number of benzene rings is 1. The molecule has 0 unspecified atom stereocenters. The second-order valence-electron chi connectivity index (χ2n) is 5.35. The van der Waals surface area contributed by atoms with E-state index in [1.807, 2.05) is 12.1 Å². The van der Waals surface area contributed by atoms with Crippen molar-refractivity contribution in [3.63, 3.8) is 0 Å². The van der Waals surface area contributed by atoms with E-state index in [1.54, 1.807) is 6.07 Å². The van der Waals surface area contributed by atoms with Crippen LogP contribution in [0.15, 0.2) is 18.2 Å². The number of nitrogens with one attached hydrogen (secondary N) is 2. The summed E-state index contributed by atoms with van der Waals surface area (Å²) in [5, 5.41) is 6.23. The van der Waals surface area contributed by atoms with Crippen LogP contribution in [0.1, 0.15) is 6.42 Å². The molecule has 1 amide bonds. The Bertz CT molecular complexity index is 548. The van der Waals surface area contributed by atoms with Crippen molar-refractivity contribution in [3.05, 3.63) is 18.2 Å². The number of fused-ring (bicyclic) bond motifs is 3. The van der Waals surface area contributed by atoms with Gasteiger partial charge in [-0.3, -0.25) is 4.79 Å². The van der Waals surface area contributed by atoms with Gasteiger partial charge in [-0.2, -0.15) is 0 Å². The molecule has 0 aliphatic carbocycles. The summed E-state index contributed by atoms with van der Waals surface area (Å²) in [7, 11) is 0. The molecule has 2 bridgehead atoms. The van der Waals surface area contributed by atoms with Crippen molar-refractivity contribution in [1.29, 1.82) is 0 Å². The predicted molar refractivity (Wildman–Crippen MR) is 70.8 cm³/mol. The highest BCUT2D eigenvalue weighted by Crippen LogP contribution is 2.35. The molecule has 0 aromatic heterocycles. The Morgan fingerprint density at radius 1 is 1.25 bits per heavy atom. The molecule has 6 heteroatoms. The molecule has 4 rings (SSSR count). The molecule has 2 N–H and O–H groups in total. The summed E-state index contributed by atoms with van der Waals surface area (Å²) in [5.74, 6) is 1.32. The van der Waals surface area contributed by atoms with E-state index in [1.165, 1.54) is 0 Å². The van der Waals surface area contributed by atoms with E-state index in [-0.39, 0.29) is 30.8 Å². The highest BCUT2D eigenvalue weighted by atomic mass is 16.7. The van der Waals surface area contributed by atoms with Crippen molar-refractivity contribution >= 4 is 11.6 Å². The lowest BCUT2D eigenvalue weighted by Crippen LogP contribution is -2.41. The zero-order valence-electron chi connectivity index (χ0n) is 10.9. The quantitative estimate of drug-likeness (QED) is 0.833. The first-order valence-electron chi connectivity index (χ1n) is 6.86. The third-order valence-corrected chi connectivity index (χ3v) is 4.03. The lowest BCUT2D eigenvalue weighted by molar-refractivity contribution is -0.121. The van der Waals surface area contributed by atoms with Gasteiger partial charge in [0.05, 0.1) is 18.1 Å². The molecule has 3 aliphatic rings. The van der Waals surface area contributed by atoms with Crippen LogP contribution in [0.3, 0.4) is 0 Å². The monoisotopic (exact) mass is 276 g/mol. The van der Waals surface area contributed by atoms with Crippen LogP contribution in [0.5, 0.6) is 11.5 Å². The Hall–Kier alpha value is -1.79. The van der Waals surface area contributed by atoms with E-state index in [0.717, 1.165) is 25.2 Å². The molecule has 3 heterocycles. The third-order valence-electron chi connectivity index (χ3n) is 4.03. The average Bonchev–Trinajstić information content (AvgIpc) is 3.02. The topological polar surface area (TPSA) is 68.8 Å². The first kappa shape index (κ1) is 12.0. The number of anilines is 1. The lowest BCUT2D eigenvalue weighted by atomic mass is 9.99. The van der Waals surface area contributed by atoms with Gasteiger partial charge in [-0.25, -0.2) is 0 Å². The Labute approximate surface area is 116 Å². The Morgan fingerprint density at radius 2 is 2.15 bits per heavy atom. The number of rotatable bonds is 2. The molecule has 1 aromatic carbocycles. The molecule has 2 fully saturated rings. The smallest absolute Gasteiger partial charge is 0.231 e. The minimum absolute atomic E-state index is 0.0113. The van der Waals surface area contributed by atoms with Gasteiger partial charge in [-0.15, -0.1) is 0 Å². The second kappa shape index (κ2) is 4.64. The van der Waals surface area contributed by atoms with Gasteiger partial charge >= 0.3 is 0 Å². The number of hydrogen-bond donors (Lipinski definition) is 2. The van der Waals surface area contributed by atoms with Crippen molar-refractivity contribution in [2.24, 2.45) is 5.92 Å². The number of ether oxygens (including phenoxy) is 3. The molecule has 2 saturated heterocycles. The van der Waals surface area contributed by atoms with Crippen LogP contribution < -0.4 is 20.1 Å². The molecule has 0 spiro atoms. The summed E-state index contributed by atoms with van der Waals surface area (Å²) in [6.07, 6.45) is 0.942. The van der Waals surface area contributed by atoms with E-state index in [4.69, 9.17) is 14.2 Å². The molecular weight excluding hydrogens is 260 g/mol. The molecule has 106 valence electrons. The van der Waals surface area contributed by atoms with Crippen molar-refractivity contribution in [3.8, 4) is 11.5 Å². The number of carbonyl (C=O) groups is 1. The molecule has 3 atom stereocenters. The molecule has 0 radical (unpaired) electrons. The number of amides is 1. The zero-order valence-corrected chi connectivity index (χ0v) is 10.9. The van der Waals surface area contributed by atoms with Gasteiger partial charge in [-0.05, 0) is 18.6 Å². The maximum atomic E-state index is 12.4. The van der Waals surface area contributed by atoms with E-state index >= 15 is 0 Å². The largest absolute Gasteiger partial charge is 0.454 e. The van der Waals surface area contributed by atoms with Gasteiger partial charge in [0.1, 0.15) is 0 Å². The lowest BCUT2D eigenvalue weighted by Gasteiger charge is -2.22. The van der Waals surface area contributed by atoms with Gasteiger partial charge in [0.15, 0.2) is 11.5 Å². The minimum Gasteiger partial charge on any atom is -0.454 e. The van der Waals surface area contributed by atoms with E-state index in [9.17, 15) is 4.79 Å². The molecule has 20 heavy (non-hydrogen) atoms. The van der Waals surface area contributed by atoms with Gasteiger partial charge < -0.3 is 24.8 Å². The summed E-state index contributed by atoms with van der Waals surface area (Å²) in [5.41, 5.74) is 0.730. The van der Waals surface area contributed by atoms with E-state index in [2.05, 4.69) is 10.6 Å². The van der Waals surface area contributed by atoms with E-state index < -0.39 is 0 Å². The fourth-order valence-electron chi connectivity index (χ4n) is 3.03. The SMILES string of the molecule is O=C(Nc1ccc2c(c1)OCO2)[C@@H]1C[C@H]2CNC[C@@H]1O2. The zero-order chi connectivity index (χ0) is 13.5. The van der Waals surface area contributed by atoms with Crippen LogP contribution in [0, 0.1) is 5.92 Å². The molecule has 0 saturated carbocycles. The van der Waals surface area contributed by atoms with Gasteiger partial charge in [0, 0.05) is 24.8 Å². The number of morpholine rings is 1. The predicted octanol–water partition coefficient (Wildman–Crippen LogP) is 0.731. The van der Waals surface area contributed by atoms with Gasteiger partial charge in [0.25, 0.3) is 0 Å². The van der Waals surface area contributed by atoms with Crippen molar-refractivity contribution < 1.29 is 19.0 Å². The molecule has 1 aromatic rings. The maximum Gasteiger partial charge on any atom is 0.231 e. The van der Waals surface area contributed by atoms with Gasteiger partial charge in [0.2, 0.25) is 12.7 Å². The maximum absolute atomic E-state index is 12.4. The van der Waals surface area contributed by atoms with Crippen molar-refractivity contribution in [1.82, 2.24) is 5.32 Å². The summed E-state index contributed by atoms with van der Waals surface area (Å²) in [6, 6.07) is 5.43. The number of carbonyl (C=O) groups excluding carboxylic acids is 1. The van der Waals surface area contributed by atoms with Gasteiger partial charge in [-0.1, -0.05) is 0 Å². The molecule has 6 nitrogen and oxygen atoms in total. The normalized spacial score (nSPS) is 30.3. The minimum atomic E-state index is -0.0829.